The van der Waals surface area contributed by atoms with Crippen LogP contribution in [0.2, 0.25) is 0 Å². The molecule has 0 aliphatic rings. The molecule has 0 aromatic heterocycles. The summed E-state index contributed by atoms with van der Waals surface area (Å²) < 4.78 is 0. The number of aryl methyl sites for hydroxylation is 1. The molecule has 0 bridgehead atoms. The Bertz CT molecular complexity index is 457. The summed E-state index contributed by atoms with van der Waals surface area (Å²) in [7, 11) is 0. The summed E-state index contributed by atoms with van der Waals surface area (Å²) >= 11 is 1.96. The molecule has 1 rings (SSSR count). The number of nitrogens with zero attached hydrogens (tertiary/aromatic N) is 1. The van der Waals surface area contributed by atoms with Crippen LogP contribution >= 0.6 is 11.8 Å². The van der Waals surface area contributed by atoms with E-state index in [2.05, 4.69) is 44.7 Å². The van der Waals surface area contributed by atoms with E-state index in [0.717, 1.165) is 36.5 Å². The maximum atomic E-state index is 10.6. The molecular formula is C21H37NOS. The molecule has 0 unspecified atom stereocenters. The van der Waals surface area contributed by atoms with Gasteiger partial charge in [-0.2, -0.15) is 11.8 Å². The first-order valence-electron chi connectivity index (χ1n) is 9.73. The van der Waals surface area contributed by atoms with E-state index in [1.807, 2.05) is 11.8 Å². The molecule has 0 heterocycles. The Kier molecular flexibility index (Phi) is 11.3. The largest absolute Gasteiger partial charge is 0.507 e. The third-order valence-corrected chi connectivity index (χ3v) is 5.69. The van der Waals surface area contributed by atoms with Crippen LogP contribution in [0.3, 0.4) is 0 Å². The van der Waals surface area contributed by atoms with Crippen LogP contribution < -0.4 is 0 Å². The summed E-state index contributed by atoms with van der Waals surface area (Å²) in [5.41, 5.74) is 3.44. The van der Waals surface area contributed by atoms with Gasteiger partial charge >= 0.3 is 0 Å². The number of unbranched alkanes of at least 4 members (excludes halogenated alkanes) is 5. The van der Waals surface area contributed by atoms with Crippen LogP contribution in [0.4, 0.5) is 0 Å². The molecule has 3 heteroatoms. The minimum absolute atomic E-state index is 0.517. The van der Waals surface area contributed by atoms with Crippen LogP contribution in [0.25, 0.3) is 0 Å². The summed E-state index contributed by atoms with van der Waals surface area (Å²) in [4.78, 5) is 2.35. The summed E-state index contributed by atoms with van der Waals surface area (Å²) in [6.45, 7) is 11.6. The Balaban J connectivity index is 2.46. The molecule has 0 fully saturated rings. The summed E-state index contributed by atoms with van der Waals surface area (Å²) in [6.07, 6.45) is 8.09. The highest BCUT2D eigenvalue weighted by atomic mass is 32.2. The van der Waals surface area contributed by atoms with Crippen molar-refractivity contribution in [2.45, 2.75) is 78.5 Å². The monoisotopic (exact) mass is 351 g/mol. The molecule has 0 spiro atoms. The summed E-state index contributed by atoms with van der Waals surface area (Å²) in [5, 5.41) is 10.6. The minimum Gasteiger partial charge on any atom is -0.507 e. The average Bonchev–Trinajstić information content (AvgIpc) is 2.58. The highest BCUT2D eigenvalue weighted by Gasteiger charge is 2.11. The van der Waals surface area contributed by atoms with Gasteiger partial charge in [0.05, 0.1) is 0 Å². The lowest BCUT2D eigenvalue weighted by atomic mass is 10.0. The summed E-state index contributed by atoms with van der Waals surface area (Å²) in [5.74, 6) is 2.64. The van der Waals surface area contributed by atoms with Crippen molar-refractivity contribution in [1.29, 1.82) is 0 Å². The van der Waals surface area contributed by atoms with Crippen molar-refractivity contribution in [3.05, 3.63) is 28.8 Å². The van der Waals surface area contributed by atoms with Crippen LogP contribution in [-0.2, 0) is 12.3 Å². The second-order valence-corrected chi connectivity index (χ2v) is 7.82. The van der Waals surface area contributed by atoms with E-state index in [9.17, 15) is 5.11 Å². The first kappa shape index (κ1) is 21.4. The van der Waals surface area contributed by atoms with Crippen molar-refractivity contribution < 1.29 is 5.11 Å². The molecule has 138 valence electrons. The van der Waals surface area contributed by atoms with Gasteiger partial charge in [-0.1, -0.05) is 70.6 Å². The summed E-state index contributed by atoms with van der Waals surface area (Å²) in [6, 6.07) is 4.28. The normalized spacial score (nSPS) is 11.4. The van der Waals surface area contributed by atoms with Gasteiger partial charge < -0.3 is 5.11 Å². The molecule has 0 aliphatic heterocycles. The lowest BCUT2D eigenvalue weighted by Crippen LogP contribution is -2.22. The van der Waals surface area contributed by atoms with Gasteiger partial charge in [-0.05, 0) is 32.2 Å². The van der Waals surface area contributed by atoms with Crippen molar-refractivity contribution in [2.75, 3.05) is 18.8 Å². The number of benzene rings is 1. The molecule has 0 radical (unpaired) electrons. The van der Waals surface area contributed by atoms with Crippen molar-refractivity contribution >= 4 is 11.8 Å². The van der Waals surface area contributed by atoms with E-state index in [1.54, 1.807) is 0 Å². The molecular weight excluding hydrogens is 314 g/mol. The van der Waals surface area contributed by atoms with Crippen molar-refractivity contribution in [3.8, 4) is 5.75 Å². The van der Waals surface area contributed by atoms with E-state index >= 15 is 0 Å². The van der Waals surface area contributed by atoms with Crippen LogP contribution in [0.15, 0.2) is 12.1 Å². The van der Waals surface area contributed by atoms with Gasteiger partial charge in [0.2, 0.25) is 0 Å². The second kappa shape index (κ2) is 12.7. The lowest BCUT2D eigenvalue weighted by Gasteiger charge is -2.20. The zero-order valence-corrected chi connectivity index (χ0v) is 17.1. The highest BCUT2D eigenvalue weighted by Crippen LogP contribution is 2.29. The van der Waals surface area contributed by atoms with Gasteiger partial charge in [0, 0.05) is 23.4 Å². The number of hydrogen-bond donors (Lipinski definition) is 1. The highest BCUT2D eigenvalue weighted by molar-refractivity contribution is 7.98. The van der Waals surface area contributed by atoms with E-state index in [1.165, 1.54) is 49.8 Å². The standard InChI is InChI=1S/C21H37NOS/c1-5-8-9-10-11-12-13-24-17-20-15-18(4)14-19(21(20)23)16-22(6-2)7-3/h14-15,23H,5-13,16-17H2,1-4H3. The Morgan fingerprint density at radius 2 is 1.54 bits per heavy atom. The number of rotatable bonds is 13. The van der Waals surface area contributed by atoms with Gasteiger partial charge in [0.25, 0.3) is 0 Å². The molecule has 1 aromatic carbocycles. The van der Waals surface area contributed by atoms with Crippen LogP contribution in [0.5, 0.6) is 5.75 Å². The smallest absolute Gasteiger partial charge is 0.124 e. The van der Waals surface area contributed by atoms with E-state index in [4.69, 9.17) is 0 Å². The van der Waals surface area contributed by atoms with Gasteiger partial charge in [0.15, 0.2) is 0 Å². The van der Waals surface area contributed by atoms with Gasteiger partial charge in [-0.15, -0.1) is 0 Å². The van der Waals surface area contributed by atoms with Crippen LogP contribution in [-0.4, -0.2) is 28.8 Å². The molecule has 1 aromatic rings. The fourth-order valence-corrected chi connectivity index (χ4v) is 4.01. The quantitative estimate of drug-likeness (QED) is 0.432. The molecule has 0 saturated heterocycles. The molecule has 1 N–H and O–H groups in total. The number of phenols is 1. The van der Waals surface area contributed by atoms with Crippen molar-refractivity contribution in [3.63, 3.8) is 0 Å². The number of phenolic OH excluding ortho intramolecular Hbond substituents is 1. The Morgan fingerprint density at radius 3 is 2.21 bits per heavy atom. The van der Waals surface area contributed by atoms with E-state index < -0.39 is 0 Å². The predicted octanol–water partition coefficient (Wildman–Crippen LogP) is 6.14. The number of thioether (sulfide) groups is 1. The van der Waals surface area contributed by atoms with Crippen LogP contribution in [0, 0.1) is 6.92 Å². The lowest BCUT2D eigenvalue weighted by molar-refractivity contribution is 0.290. The predicted molar refractivity (Wildman–Crippen MR) is 109 cm³/mol. The van der Waals surface area contributed by atoms with E-state index in [-0.39, 0.29) is 0 Å². The van der Waals surface area contributed by atoms with Gasteiger partial charge in [0.1, 0.15) is 5.75 Å². The second-order valence-electron chi connectivity index (χ2n) is 6.71. The molecule has 0 amide bonds. The fourth-order valence-electron chi connectivity index (χ4n) is 3.02. The number of aromatic hydroxyl groups is 1. The van der Waals surface area contributed by atoms with Crippen molar-refractivity contribution in [1.82, 2.24) is 4.90 Å². The van der Waals surface area contributed by atoms with Gasteiger partial charge in [-0.25, -0.2) is 0 Å². The van der Waals surface area contributed by atoms with Crippen LogP contribution in [0.1, 0.15) is 76.0 Å². The zero-order chi connectivity index (χ0) is 17.8. The molecule has 24 heavy (non-hydrogen) atoms. The maximum absolute atomic E-state index is 10.6. The topological polar surface area (TPSA) is 23.5 Å². The molecule has 0 atom stereocenters. The first-order chi connectivity index (χ1) is 11.6. The zero-order valence-electron chi connectivity index (χ0n) is 16.2. The number of hydrogen-bond acceptors (Lipinski definition) is 3. The SMILES string of the molecule is CCCCCCCCSCc1cc(C)cc(CN(CC)CC)c1O. The molecule has 0 aliphatic carbocycles. The molecule has 0 saturated carbocycles. The van der Waals surface area contributed by atoms with Gasteiger partial charge in [-0.3, -0.25) is 4.90 Å². The average molecular weight is 352 g/mol. The first-order valence-corrected chi connectivity index (χ1v) is 10.9. The van der Waals surface area contributed by atoms with E-state index in [0.29, 0.717) is 5.75 Å². The third kappa shape index (κ3) is 7.94. The molecule has 2 nitrogen and oxygen atoms in total. The maximum Gasteiger partial charge on any atom is 0.124 e. The Morgan fingerprint density at radius 1 is 0.917 bits per heavy atom. The Hall–Kier alpha value is -0.670. The minimum atomic E-state index is 0.517. The fraction of sp³-hybridized carbons (Fsp3) is 0.714. The Labute approximate surface area is 154 Å². The third-order valence-electron chi connectivity index (χ3n) is 4.60. The van der Waals surface area contributed by atoms with Crippen molar-refractivity contribution in [2.24, 2.45) is 0 Å².